The second kappa shape index (κ2) is 47.6. The van der Waals surface area contributed by atoms with Gasteiger partial charge in [0.05, 0.1) is 25.2 Å². The maximum absolute atomic E-state index is 13.2. The third kappa shape index (κ3) is 42.3. The molecule has 0 aromatic heterocycles. The van der Waals surface area contributed by atoms with Crippen molar-refractivity contribution in [2.45, 2.75) is 264 Å². The van der Waals surface area contributed by atoms with Gasteiger partial charge in [0.2, 0.25) is 5.91 Å². The molecule has 348 valence electrons. The molecule has 0 aliphatic heterocycles. The number of carbonyl (C=O) groups excluding carboxylic acids is 2. The summed E-state index contributed by atoms with van der Waals surface area (Å²) in [7, 11) is 0. The van der Waals surface area contributed by atoms with Crippen molar-refractivity contribution < 1.29 is 24.5 Å². The molecule has 1 amide bonds. The van der Waals surface area contributed by atoms with Gasteiger partial charge in [0, 0.05) is 6.42 Å². The first kappa shape index (κ1) is 57.6. The molecule has 6 heteroatoms. The molecule has 60 heavy (non-hydrogen) atoms. The van der Waals surface area contributed by atoms with Crippen LogP contribution in [0.15, 0.2) is 60.8 Å². The molecular formula is C54H97NO5. The van der Waals surface area contributed by atoms with Gasteiger partial charge in [-0.25, -0.2) is 0 Å². The Morgan fingerprint density at radius 1 is 0.500 bits per heavy atom. The van der Waals surface area contributed by atoms with E-state index in [0.717, 1.165) is 64.2 Å². The third-order valence-corrected chi connectivity index (χ3v) is 11.4. The molecule has 0 fully saturated rings. The third-order valence-electron chi connectivity index (χ3n) is 11.4. The molecule has 0 aliphatic carbocycles. The number of hydrogen-bond donors (Lipinski definition) is 3. The number of aliphatic hydroxyl groups excluding tert-OH is 2. The van der Waals surface area contributed by atoms with Crippen molar-refractivity contribution in [2.75, 3.05) is 6.61 Å². The van der Waals surface area contributed by atoms with Crippen molar-refractivity contribution in [1.82, 2.24) is 5.32 Å². The van der Waals surface area contributed by atoms with E-state index in [9.17, 15) is 19.8 Å². The van der Waals surface area contributed by atoms with Gasteiger partial charge in [-0.1, -0.05) is 242 Å². The molecule has 6 nitrogen and oxygen atoms in total. The predicted molar refractivity (Wildman–Crippen MR) is 259 cm³/mol. The molecule has 3 N–H and O–H groups in total. The number of nitrogens with one attached hydrogen (secondary N) is 1. The molecule has 0 aromatic carbocycles. The average molecular weight is 840 g/mol. The van der Waals surface area contributed by atoms with Crippen LogP contribution in [0.5, 0.6) is 0 Å². The highest BCUT2D eigenvalue weighted by Gasteiger charge is 2.23. The Labute approximate surface area is 371 Å². The zero-order chi connectivity index (χ0) is 43.8. The Morgan fingerprint density at radius 2 is 0.867 bits per heavy atom. The van der Waals surface area contributed by atoms with Gasteiger partial charge < -0.3 is 20.3 Å². The number of unbranched alkanes of at least 4 members (excludes halogenated alkanes) is 25. The van der Waals surface area contributed by atoms with Crippen LogP contribution in [0.2, 0.25) is 0 Å². The van der Waals surface area contributed by atoms with Gasteiger partial charge >= 0.3 is 5.97 Å². The number of rotatable bonds is 45. The molecule has 0 spiro atoms. The van der Waals surface area contributed by atoms with Gasteiger partial charge in [0.25, 0.3) is 0 Å². The van der Waals surface area contributed by atoms with E-state index in [1.807, 2.05) is 6.08 Å². The highest BCUT2D eigenvalue weighted by Crippen LogP contribution is 2.16. The highest BCUT2D eigenvalue weighted by atomic mass is 16.5. The summed E-state index contributed by atoms with van der Waals surface area (Å²) >= 11 is 0. The number of esters is 1. The fourth-order valence-corrected chi connectivity index (χ4v) is 7.51. The van der Waals surface area contributed by atoms with Crippen molar-refractivity contribution in [2.24, 2.45) is 0 Å². The fourth-order valence-electron chi connectivity index (χ4n) is 7.51. The minimum Gasteiger partial charge on any atom is -0.458 e. The Bertz CT molecular complexity index is 1080. The van der Waals surface area contributed by atoms with Gasteiger partial charge in [-0.2, -0.15) is 0 Å². The van der Waals surface area contributed by atoms with E-state index in [2.05, 4.69) is 74.7 Å². The molecule has 0 aromatic rings. The Morgan fingerprint density at radius 3 is 1.27 bits per heavy atom. The van der Waals surface area contributed by atoms with E-state index in [1.165, 1.54) is 135 Å². The number of carbonyl (C=O) groups is 2. The van der Waals surface area contributed by atoms with Crippen molar-refractivity contribution in [3.63, 3.8) is 0 Å². The molecule has 0 aliphatic rings. The van der Waals surface area contributed by atoms with Crippen LogP contribution in [0.3, 0.4) is 0 Å². The van der Waals surface area contributed by atoms with Crippen LogP contribution in [0.25, 0.3) is 0 Å². The lowest BCUT2D eigenvalue weighted by molar-refractivity contribution is -0.148. The van der Waals surface area contributed by atoms with E-state index in [1.54, 1.807) is 6.08 Å². The summed E-state index contributed by atoms with van der Waals surface area (Å²) in [5, 5.41) is 23.7. The van der Waals surface area contributed by atoms with Gasteiger partial charge in [0.15, 0.2) is 0 Å². The monoisotopic (exact) mass is 840 g/mol. The average Bonchev–Trinajstić information content (AvgIpc) is 3.24. The van der Waals surface area contributed by atoms with Crippen LogP contribution in [0, 0.1) is 0 Å². The fraction of sp³-hybridized carbons (Fsp3) is 0.778. The Kier molecular flexibility index (Phi) is 45.7. The van der Waals surface area contributed by atoms with Crippen molar-refractivity contribution in [3.05, 3.63) is 60.8 Å². The van der Waals surface area contributed by atoms with Crippen LogP contribution >= 0.6 is 0 Å². The smallest absolute Gasteiger partial charge is 0.306 e. The summed E-state index contributed by atoms with van der Waals surface area (Å²) in [5.41, 5.74) is 0. The standard InChI is InChI=1S/C54H97NO5/c1-4-7-10-13-16-19-22-25-28-30-33-36-39-42-45-50(60-54(59)47-44-41-38-35-32-27-24-21-18-15-12-9-6-3)48-53(58)55-51(49-56)52(57)46-43-40-37-34-31-29-26-23-20-17-14-11-8-5-2/h7,10,16,19,25,28,33,36,42,45,50-52,56-57H,4-6,8-9,11-15,17-18,20-24,26-27,29-32,34-35,37-41,43-44,46-49H2,1-3H3,(H,55,58)/b10-7+,19-16+,28-25+,36-33+,45-42+. The highest BCUT2D eigenvalue weighted by molar-refractivity contribution is 5.78. The maximum atomic E-state index is 13.2. The van der Waals surface area contributed by atoms with Crippen molar-refractivity contribution in [1.29, 1.82) is 0 Å². The number of hydrogen-bond acceptors (Lipinski definition) is 5. The second-order valence-electron chi connectivity index (χ2n) is 17.2. The lowest BCUT2D eigenvalue weighted by Crippen LogP contribution is -2.46. The summed E-state index contributed by atoms with van der Waals surface area (Å²) in [4.78, 5) is 26.0. The maximum Gasteiger partial charge on any atom is 0.306 e. The van der Waals surface area contributed by atoms with Gasteiger partial charge in [-0.05, 0) is 51.0 Å². The second-order valence-corrected chi connectivity index (χ2v) is 17.2. The summed E-state index contributed by atoms with van der Waals surface area (Å²) < 4.78 is 5.82. The zero-order valence-corrected chi connectivity index (χ0v) is 39.6. The first-order valence-corrected chi connectivity index (χ1v) is 25.5. The summed E-state index contributed by atoms with van der Waals surface area (Å²) in [6.45, 7) is 6.33. The summed E-state index contributed by atoms with van der Waals surface area (Å²) in [5.74, 6) is -0.623. The van der Waals surface area contributed by atoms with E-state index in [0.29, 0.717) is 19.3 Å². The zero-order valence-electron chi connectivity index (χ0n) is 39.6. The molecule has 0 heterocycles. The molecule has 0 bridgehead atoms. The quantitative estimate of drug-likeness (QED) is 0.0322. The van der Waals surface area contributed by atoms with Gasteiger partial charge in [-0.3, -0.25) is 9.59 Å². The molecule has 0 saturated heterocycles. The van der Waals surface area contributed by atoms with Crippen LogP contribution < -0.4 is 5.32 Å². The first-order valence-electron chi connectivity index (χ1n) is 25.5. The largest absolute Gasteiger partial charge is 0.458 e. The first-order chi connectivity index (χ1) is 29.5. The number of aliphatic hydroxyl groups is 2. The number of amides is 1. The summed E-state index contributed by atoms with van der Waals surface area (Å²) in [6, 6.07) is -0.741. The van der Waals surface area contributed by atoms with E-state index in [-0.39, 0.29) is 24.9 Å². The number of allylic oxidation sites excluding steroid dienone is 9. The minimum atomic E-state index is -0.818. The van der Waals surface area contributed by atoms with Crippen LogP contribution in [0.1, 0.15) is 245 Å². The Hall–Kier alpha value is -2.44. The molecule has 3 atom stereocenters. The molecular weight excluding hydrogens is 743 g/mol. The molecule has 3 unspecified atom stereocenters. The summed E-state index contributed by atoms with van der Waals surface area (Å²) in [6.07, 6.45) is 58.8. The van der Waals surface area contributed by atoms with Crippen molar-refractivity contribution in [3.8, 4) is 0 Å². The van der Waals surface area contributed by atoms with Crippen LogP contribution in [-0.2, 0) is 14.3 Å². The van der Waals surface area contributed by atoms with Crippen molar-refractivity contribution >= 4 is 11.9 Å². The predicted octanol–water partition coefficient (Wildman–Crippen LogP) is 15.2. The minimum absolute atomic E-state index is 0.0445. The Balaban J connectivity index is 4.70. The molecule has 0 saturated carbocycles. The molecule has 0 rings (SSSR count). The topological polar surface area (TPSA) is 95.9 Å². The van der Waals surface area contributed by atoms with Crippen LogP contribution in [-0.4, -0.2) is 46.9 Å². The number of ether oxygens (including phenoxy) is 1. The lowest BCUT2D eigenvalue weighted by atomic mass is 10.0. The van der Waals surface area contributed by atoms with E-state index in [4.69, 9.17) is 4.74 Å². The van der Waals surface area contributed by atoms with Gasteiger partial charge in [0.1, 0.15) is 6.10 Å². The van der Waals surface area contributed by atoms with Gasteiger partial charge in [-0.15, -0.1) is 0 Å². The van der Waals surface area contributed by atoms with E-state index >= 15 is 0 Å². The SMILES string of the molecule is CC/C=C/C/C=C/C/C=C/C/C=C/C/C=C/C(CC(=O)NC(CO)C(O)CCCCCCCCCCCCCCCC)OC(=O)CCCCCCCCCCCCCCC. The molecule has 0 radical (unpaired) electrons. The normalized spacial score (nSPS) is 13.8. The van der Waals surface area contributed by atoms with E-state index < -0.39 is 18.2 Å². The lowest BCUT2D eigenvalue weighted by Gasteiger charge is -2.23. The van der Waals surface area contributed by atoms with Crippen LogP contribution in [0.4, 0.5) is 0 Å².